The van der Waals surface area contributed by atoms with Gasteiger partial charge in [0, 0.05) is 18.6 Å². The Balaban J connectivity index is 0.00000300. The molecule has 29 heavy (non-hydrogen) atoms. The van der Waals surface area contributed by atoms with Crippen molar-refractivity contribution in [3.8, 4) is 11.5 Å². The molecule has 0 radical (unpaired) electrons. The smallest absolute Gasteiger partial charge is 0.294 e. The van der Waals surface area contributed by atoms with Crippen molar-refractivity contribution in [2.24, 2.45) is 7.05 Å². The van der Waals surface area contributed by atoms with Gasteiger partial charge < -0.3 is 15.2 Å². The second-order valence-corrected chi connectivity index (χ2v) is 7.02. The Morgan fingerprint density at radius 1 is 1.28 bits per heavy atom. The second kappa shape index (κ2) is 8.30. The summed E-state index contributed by atoms with van der Waals surface area (Å²) in [6, 6.07) is 4.25. The molecule has 7 nitrogen and oxygen atoms in total. The molecule has 1 aromatic carbocycles. The molecule has 0 fully saturated rings. The number of hydrogen-bond acceptors (Lipinski definition) is 6. The van der Waals surface area contributed by atoms with Crippen LogP contribution in [-0.2, 0) is 7.05 Å². The predicted molar refractivity (Wildman–Crippen MR) is 108 cm³/mol. The molecule has 0 bridgehead atoms. The topological polar surface area (TPSA) is 89.3 Å². The zero-order valence-electron chi connectivity index (χ0n) is 16.2. The summed E-state index contributed by atoms with van der Waals surface area (Å²) in [4.78, 5) is 21.0. The molecule has 0 amide bonds. The third kappa shape index (κ3) is 4.63. The molecule has 156 valence electrons. The number of aryl methyl sites for hydroxylation is 1. The average Bonchev–Trinajstić information content (AvgIpc) is 2.62. The number of para-hydroxylation sites is 1. The number of halogens is 3. The molecule has 0 aliphatic carbocycles. The number of nitrogens with one attached hydrogen (secondary N) is 1. The summed E-state index contributed by atoms with van der Waals surface area (Å²) in [6.45, 7) is 5.06. The Labute approximate surface area is 171 Å². The molecule has 0 unspecified atom stereocenters. The van der Waals surface area contributed by atoms with Crippen molar-refractivity contribution < 1.29 is 18.6 Å². The molecular formula is C19H21ClF2N4O3. The van der Waals surface area contributed by atoms with Crippen molar-refractivity contribution in [3.63, 3.8) is 0 Å². The number of pyridine rings is 1. The standard InChI is InChI=1S/C19H20F2N4O3.ClH/c1-10(19(2,3)27)23-18-22-9-11-8-14(17(26)25(4)16(11)24-18)28-15-12(20)6-5-7-13(15)21;/h5-10,27H,1-4H3,(H,22,23,24);1H/t10-;/m0./s1. The monoisotopic (exact) mass is 426 g/mol. The zero-order chi connectivity index (χ0) is 20.6. The number of nitrogens with zero attached hydrogens (tertiary/aromatic N) is 3. The highest BCUT2D eigenvalue weighted by Gasteiger charge is 2.23. The van der Waals surface area contributed by atoms with Gasteiger partial charge in [0.05, 0.1) is 11.6 Å². The minimum Gasteiger partial charge on any atom is -0.445 e. The van der Waals surface area contributed by atoms with E-state index in [0.29, 0.717) is 11.0 Å². The molecule has 2 N–H and O–H groups in total. The molecule has 0 aliphatic rings. The van der Waals surface area contributed by atoms with E-state index in [4.69, 9.17) is 4.74 Å². The van der Waals surface area contributed by atoms with Crippen LogP contribution in [0.25, 0.3) is 11.0 Å². The van der Waals surface area contributed by atoms with Crippen LogP contribution in [0.5, 0.6) is 11.5 Å². The van der Waals surface area contributed by atoms with E-state index in [0.717, 1.165) is 12.1 Å². The number of aliphatic hydroxyl groups is 1. The van der Waals surface area contributed by atoms with Gasteiger partial charge in [-0.2, -0.15) is 4.98 Å². The first-order chi connectivity index (χ1) is 13.1. The molecule has 3 rings (SSSR count). The summed E-state index contributed by atoms with van der Waals surface area (Å²) in [5, 5.41) is 13.4. The fourth-order valence-electron chi connectivity index (χ4n) is 2.42. The number of aromatic nitrogens is 3. The van der Waals surface area contributed by atoms with Crippen molar-refractivity contribution in [1.82, 2.24) is 14.5 Å². The van der Waals surface area contributed by atoms with Gasteiger partial charge in [0.2, 0.25) is 5.95 Å². The molecular weight excluding hydrogens is 406 g/mol. The summed E-state index contributed by atoms with van der Waals surface area (Å²) in [5.74, 6) is -2.52. The van der Waals surface area contributed by atoms with Crippen molar-refractivity contribution in [2.45, 2.75) is 32.4 Å². The fraction of sp³-hybridized carbons (Fsp3) is 0.316. The van der Waals surface area contributed by atoms with E-state index in [1.54, 1.807) is 20.8 Å². The lowest BCUT2D eigenvalue weighted by Crippen LogP contribution is -2.39. The Morgan fingerprint density at radius 3 is 2.48 bits per heavy atom. The van der Waals surface area contributed by atoms with Gasteiger partial charge in [-0.1, -0.05) is 6.07 Å². The van der Waals surface area contributed by atoms with Crippen LogP contribution < -0.4 is 15.6 Å². The molecule has 10 heteroatoms. The predicted octanol–water partition coefficient (Wildman–Crippen LogP) is 3.39. The molecule has 2 heterocycles. The lowest BCUT2D eigenvalue weighted by atomic mass is 10.0. The van der Waals surface area contributed by atoms with E-state index in [1.165, 1.54) is 29.9 Å². The number of hydrogen-bond donors (Lipinski definition) is 2. The van der Waals surface area contributed by atoms with Crippen LogP contribution in [0.3, 0.4) is 0 Å². The van der Waals surface area contributed by atoms with Crippen LogP contribution in [0.1, 0.15) is 20.8 Å². The molecule has 3 aromatic rings. The average molecular weight is 427 g/mol. The fourth-order valence-corrected chi connectivity index (χ4v) is 2.42. The number of fused-ring (bicyclic) bond motifs is 1. The first kappa shape index (κ1) is 22.5. The van der Waals surface area contributed by atoms with Crippen molar-refractivity contribution >= 4 is 29.4 Å². The SMILES string of the molecule is C[C@H](Nc1ncc2cc(Oc3c(F)cccc3F)c(=O)n(C)c2n1)C(C)(C)O.Cl. The van der Waals surface area contributed by atoms with Gasteiger partial charge in [-0.3, -0.25) is 9.36 Å². The van der Waals surface area contributed by atoms with Crippen LogP contribution in [0.2, 0.25) is 0 Å². The summed E-state index contributed by atoms with van der Waals surface area (Å²) in [6.07, 6.45) is 1.45. The molecule has 0 saturated heterocycles. The maximum atomic E-state index is 13.8. The maximum absolute atomic E-state index is 13.8. The molecule has 0 saturated carbocycles. The number of rotatable bonds is 5. The summed E-state index contributed by atoms with van der Waals surface area (Å²) in [7, 11) is 1.46. The summed E-state index contributed by atoms with van der Waals surface area (Å²) < 4.78 is 34.1. The first-order valence-electron chi connectivity index (χ1n) is 8.55. The lowest BCUT2D eigenvalue weighted by molar-refractivity contribution is 0.0646. The quantitative estimate of drug-likeness (QED) is 0.650. The number of anilines is 1. The third-order valence-corrected chi connectivity index (χ3v) is 4.45. The lowest BCUT2D eigenvalue weighted by Gasteiger charge is -2.26. The molecule has 0 spiro atoms. The minimum atomic E-state index is -1.01. The highest BCUT2D eigenvalue weighted by Crippen LogP contribution is 2.27. The van der Waals surface area contributed by atoms with Gasteiger partial charge in [-0.15, -0.1) is 12.4 Å². The van der Waals surface area contributed by atoms with Crippen molar-refractivity contribution in [3.05, 3.63) is 52.5 Å². The molecule has 1 atom stereocenters. The second-order valence-electron chi connectivity index (χ2n) is 7.02. The van der Waals surface area contributed by atoms with Crippen LogP contribution in [0, 0.1) is 11.6 Å². The van der Waals surface area contributed by atoms with E-state index in [9.17, 15) is 18.7 Å². The first-order valence-corrected chi connectivity index (χ1v) is 8.55. The normalized spacial score (nSPS) is 12.4. The van der Waals surface area contributed by atoms with Crippen LogP contribution in [0.4, 0.5) is 14.7 Å². The van der Waals surface area contributed by atoms with Gasteiger partial charge in [-0.05, 0) is 39.0 Å². The van der Waals surface area contributed by atoms with E-state index in [2.05, 4.69) is 15.3 Å². The highest BCUT2D eigenvalue weighted by molar-refractivity contribution is 5.85. The Morgan fingerprint density at radius 2 is 1.90 bits per heavy atom. The van der Waals surface area contributed by atoms with E-state index >= 15 is 0 Å². The molecule has 0 aliphatic heterocycles. The van der Waals surface area contributed by atoms with Crippen LogP contribution in [-0.4, -0.2) is 31.3 Å². The van der Waals surface area contributed by atoms with Gasteiger partial charge in [-0.25, -0.2) is 13.8 Å². The minimum absolute atomic E-state index is 0. The van der Waals surface area contributed by atoms with Gasteiger partial charge >= 0.3 is 0 Å². The Hall–Kier alpha value is -2.78. The van der Waals surface area contributed by atoms with E-state index in [1.807, 2.05) is 0 Å². The summed E-state index contributed by atoms with van der Waals surface area (Å²) >= 11 is 0. The Kier molecular flexibility index (Phi) is 6.44. The van der Waals surface area contributed by atoms with Crippen LogP contribution in [0.15, 0.2) is 35.3 Å². The largest absolute Gasteiger partial charge is 0.445 e. The van der Waals surface area contributed by atoms with Crippen LogP contribution >= 0.6 is 12.4 Å². The Bertz CT molecular complexity index is 1080. The highest BCUT2D eigenvalue weighted by atomic mass is 35.5. The molecule has 2 aromatic heterocycles. The number of benzene rings is 1. The van der Waals surface area contributed by atoms with Gasteiger partial charge in [0.1, 0.15) is 5.65 Å². The van der Waals surface area contributed by atoms with E-state index < -0.39 is 28.5 Å². The van der Waals surface area contributed by atoms with Gasteiger partial charge in [0.15, 0.2) is 23.1 Å². The maximum Gasteiger partial charge on any atom is 0.294 e. The third-order valence-electron chi connectivity index (χ3n) is 4.45. The van der Waals surface area contributed by atoms with Crippen molar-refractivity contribution in [1.29, 1.82) is 0 Å². The van der Waals surface area contributed by atoms with E-state index in [-0.39, 0.29) is 30.1 Å². The summed E-state index contributed by atoms with van der Waals surface area (Å²) in [5.41, 5.74) is -1.33. The zero-order valence-corrected chi connectivity index (χ0v) is 17.1. The van der Waals surface area contributed by atoms with Gasteiger partial charge in [0.25, 0.3) is 5.56 Å². The number of ether oxygens (including phenoxy) is 1. The van der Waals surface area contributed by atoms with Crippen molar-refractivity contribution in [2.75, 3.05) is 5.32 Å².